The molecule has 82 valence electrons. The summed E-state index contributed by atoms with van der Waals surface area (Å²) in [5, 5.41) is 18.4. The number of carbonyl (C=O) groups excluding carboxylic acids is 1. The maximum absolute atomic E-state index is 11.4. The summed E-state index contributed by atoms with van der Waals surface area (Å²) in [7, 11) is 1.32. The van der Waals surface area contributed by atoms with Gasteiger partial charge in [-0.1, -0.05) is 13.0 Å². The molecule has 0 saturated carbocycles. The van der Waals surface area contributed by atoms with Gasteiger partial charge < -0.3 is 14.9 Å². The van der Waals surface area contributed by atoms with Crippen molar-refractivity contribution in [3.05, 3.63) is 23.8 Å². The monoisotopic (exact) mass is 210 g/mol. The molecule has 0 spiro atoms. The van der Waals surface area contributed by atoms with Crippen LogP contribution in [0.25, 0.3) is 0 Å². The molecule has 0 aliphatic rings. The van der Waals surface area contributed by atoms with Crippen molar-refractivity contribution in [2.45, 2.75) is 19.3 Å². The third-order valence-electron chi connectivity index (χ3n) is 2.30. The molecule has 1 rings (SSSR count). The average Bonchev–Trinajstić information content (AvgIpc) is 2.24. The summed E-state index contributed by atoms with van der Waals surface area (Å²) in [4.78, 5) is 11.4. The second-order valence-corrected chi connectivity index (χ2v) is 3.23. The van der Waals surface area contributed by atoms with Gasteiger partial charge in [-0.3, -0.25) is 4.79 Å². The zero-order chi connectivity index (χ0) is 11.4. The van der Waals surface area contributed by atoms with Crippen LogP contribution in [0.15, 0.2) is 18.2 Å². The van der Waals surface area contributed by atoms with Crippen LogP contribution in [0.4, 0.5) is 0 Å². The molecule has 1 atom stereocenters. The van der Waals surface area contributed by atoms with Gasteiger partial charge in [0.15, 0.2) is 11.5 Å². The van der Waals surface area contributed by atoms with E-state index in [-0.39, 0.29) is 17.5 Å². The fourth-order valence-electron chi connectivity index (χ4n) is 1.44. The maximum Gasteiger partial charge on any atom is 0.313 e. The van der Waals surface area contributed by atoms with E-state index in [0.717, 1.165) is 0 Å². The first-order chi connectivity index (χ1) is 7.10. The van der Waals surface area contributed by atoms with Crippen molar-refractivity contribution < 1.29 is 19.7 Å². The van der Waals surface area contributed by atoms with Gasteiger partial charge in [-0.15, -0.1) is 0 Å². The van der Waals surface area contributed by atoms with Crippen molar-refractivity contribution in [2.75, 3.05) is 7.11 Å². The van der Waals surface area contributed by atoms with Gasteiger partial charge in [0.05, 0.1) is 13.0 Å². The molecular formula is C11H14O4. The van der Waals surface area contributed by atoms with Crippen LogP contribution >= 0.6 is 0 Å². The molecule has 0 amide bonds. The second-order valence-electron chi connectivity index (χ2n) is 3.23. The number of ether oxygens (including phenoxy) is 1. The van der Waals surface area contributed by atoms with E-state index in [4.69, 9.17) is 5.11 Å². The van der Waals surface area contributed by atoms with E-state index in [2.05, 4.69) is 4.74 Å². The highest BCUT2D eigenvalue weighted by atomic mass is 16.5. The number of carbonyl (C=O) groups is 1. The zero-order valence-corrected chi connectivity index (χ0v) is 8.73. The molecule has 2 N–H and O–H groups in total. The lowest BCUT2D eigenvalue weighted by molar-refractivity contribution is -0.142. The molecule has 0 aliphatic carbocycles. The normalized spacial score (nSPS) is 12.1. The highest BCUT2D eigenvalue weighted by Crippen LogP contribution is 2.30. The molecule has 1 aromatic carbocycles. The third-order valence-corrected chi connectivity index (χ3v) is 2.30. The summed E-state index contributed by atoms with van der Waals surface area (Å²) in [5.41, 5.74) is 0.639. The highest BCUT2D eigenvalue weighted by molar-refractivity contribution is 5.78. The summed E-state index contributed by atoms with van der Waals surface area (Å²) >= 11 is 0. The first-order valence-electron chi connectivity index (χ1n) is 4.69. The summed E-state index contributed by atoms with van der Waals surface area (Å²) in [6.07, 6.45) is 0.580. The van der Waals surface area contributed by atoms with Gasteiger partial charge in [0, 0.05) is 0 Å². The van der Waals surface area contributed by atoms with Gasteiger partial charge >= 0.3 is 5.97 Å². The van der Waals surface area contributed by atoms with Gasteiger partial charge in [-0.25, -0.2) is 0 Å². The van der Waals surface area contributed by atoms with Gasteiger partial charge in [-0.2, -0.15) is 0 Å². The SMILES string of the molecule is CCC(C(=O)OC)c1ccc(O)c(O)c1. The second kappa shape index (κ2) is 4.68. The minimum Gasteiger partial charge on any atom is -0.504 e. The lowest BCUT2D eigenvalue weighted by Gasteiger charge is -2.13. The molecule has 0 bridgehead atoms. The van der Waals surface area contributed by atoms with E-state index in [1.807, 2.05) is 6.92 Å². The summed E-state index contributed by atoms with van der Waals surface area (Å²) < 4.78 is 4.64. The molecule has 0 heterocycles. The summed E-state index contributed by atoms with van der Waals surface area (Å²) in [5.74, 6) is -1.17. The van der Waals surface area contributed by atoms with Crippen LogP contribution in [0.5, 0.6) is 11.5 Å². The molecule has 4 nitrogen and oxygen atoms in total. The van der Waals surface area contributed by atoms with E-state index < -0.39 is 5.92 Å². The minimum absolute atomic E-state index is 0.196. The number of benzene rings is 1. The largest absolute Gasteiger partial charge is 0.504 e. The molecule has 0 aliphatic heterocycles. The summed E-state index contributed by atoms with van der Waals surface area (Å²) in [6.45, 7) is 1.85. The van der Waals surface area contributed by atoms with Crippen molar-refractivity contribution in [3.8, 4) is 11.5 Å². The maximum atomic E-state index is 11.4. The van der Waals surface area contributed by atoms with Gasteiger partial charge in [0.2, 0.25) is 0 Å². The Morgan fingerprint density at radius 1 is 1.40 bits per heavy atom. The number of phenols is 2. The van der Waals surface area contributed by atoms with E-state index in [1.165, 1.54) is 19.2 Å². The molecule has 1 unspecified atom stereocenters. The fraction of sp³-hybridized carbons (Fsp3) is 0.364. The Bertz CT molecular complexity index is 360. The first kappa shape index (κ1) is 11.4. The van der Waals surface area contributed by atoms with E-state index in [0.29, 0.717) is 12.0 Å². The average molecular weight is 210 g/mol. The molecular weight excluding hydrogens is 196 g/mol. The Balaban J connectivity index is 3.02. The van der Waals surface area contributed by atoms with Gasteiger partial charge in [-0.05, 0) is 24.1 Å². The van der Waals surface area contributed by atoms with Crippen molar-refractivity contribution in [1.82, 2.24) is 0 Å². The van der Waals surface area contributed by atoms with Gasteiger partial charge in [0.25, 0.3) is 0 Å². The number of esters is 1. The molecule has 0 radical (unpaired) electrons. The van der Waals surface area contributed by atoms with Crippen LogP contribution in [0.3, 0.4) is 0 Å². The topological polar surface area (TPSA) is 66.8 Å². The first-order valence-corrected chi connectivity index (χ1v) is 4.69. The number of hydrogen-bond acceptors (Lipinski definition) is 4. The van der Waals surface area contributed by atoms with E-state index >= 15 is 0 Å². The third kappa shape index (κ3) is 2.40. The Kier molecular flexibility index (Phi) is 3.55. The van der Waals surface area contributed by atoms with Crippen LogP contribution in [-0.2, 0) is 9.53 Å². The Morgan fingerprint density at radius 2 is 2.07 bits per heavy atom. The van der Waals surface area contributed by atoms with Crippen molar-refractivity contribution in [3.63, 3.8) is 0 Å². The smallest absolute Gasteiger partial charge is 0.313 e. The molecule has 4 heteroatoms. The Morgan fingerprint density at radius 3 is 2.53 bits per heavy atom. The van der Waals surface area contributed by atoms with Crippen LogP contribution < -0.4 is 0 Å². The van der Waals surface area contributed by atoms with Crippen LogP contribution in [0, 0.1) is 0 Å². The quantitative estimate of drug-likeness (QED) is 0.589. The van der Waals surface area contributed by atoms with E-state index in [9.17, 15) is 9.90 Å². The van der Waals surface area contributed by atoms with Crippen molar-refractivity contribution >= 4 is 5.97 Å². The number of rotatable bonds is 3. The summed E-state index contributed by atoms with van der Waals surface area (Å²) in [6, 6.07) is 4.33. The molecule has 1 aromatic rings. The zero-order valence-electron chi connectivity index (χ0n) is 8.73. The predicted molar refractivity (Wildman–Crippen MR) is 54.8 cm³/mol. The van der Waals surface area contributed by atoms with E-state index in [1.54, 1.807) is 6.07 Å². The Hall–Kier alpha value is -1.71. The van der Waals surface area contributed by atoms with Crippen LogP contribution in [-0.4, -0.2) is 23.3 Å². The molecule has 15 heavy (non-hydrogen) atoms. The fourth-order valence-corrected chi connectivity index (χ4v) is 1.44. The van der Waals surface area contributed by atoms with Crippen LogP contribution in [0.2, 0.25) is 0 Å². The lowest BCUT2D eigenvalue weighted by Crippen LogP contribution is -2.13. The van der Waals surface area contributed by atoms with Gasteiger partial charge in [0.1, 0.15) is 0 Å². The minimum atomic E-state index is -0.401. The predicted octanol–water partition coefficient (Wildman–Crippen LogP) is 1.76. The highest BCUT2D eigenvalue weighted by Gasteiger charge is 2.20. The molecule has 0 fully saturated rings. The molecule has 0 saturated heterocycles. The van der Waals surface area contributed by atoms with Crippen LogP contribution in [0.1, 0.15) is 24.8 Å². The number of aromatic hydroxyl groups is 2. The number of methoxy groups -OCH3 is 1. The van der Waals surface area contributed by atoms with Crippen molar-refractivity contribution in [2.24, 2.45) is 0 Å². The number of hydrogen-bond donors (Lipinski definition) is 2. The molecule has 0 aromatic heterocycles. The number of phenolic OH excluding ortho intramolecular Hbond substituents is 2. The standard InChI is InChI=1S/C11H14O4/c1-3-8(11(14)15-2)7-4-5-9(12)10(13)6-7/h4-6,8,12-13H,3H2,1-2H3. The van der Waals surface area contributed by atoms with Crippen molar-refractivity contribution in [1.29, 1.82) is 0 Å². The lowest BCUT2D eigenvalue weighted by atomic mass is 9.96. The Labute approximate surface area is 88.1 Å².